The zero-order chi connectivity index (χ0) is 28.3. The minimum Gasteiger partial charge on any atom is -0.343 e. The van der Waals surface area contributed by atoms with Crippen LogP contribution in [0.1, 0.15) is 76.6 Å². The molecule has 8 nitrogen and oxygen atoms in total. The molecule has 1 aliphatic heterocycles. The van der Waals surface area contributed by atoms with Gasteiger partial charge in [0.1, 0.15) is 0 Å². The van der Waals surface area contributed by atoms with Crippen LogP contribution < -0.4 is 10.9 Å². The van der Waals surface area contributed by atoms with Crippen molar-refractivity contribution in [2.45, 2.75) is 66.0 Å². The minimum absolute atomic E-state index is 0.145. The summed E-state index contributed by atoms with van der Waals surface area (Å²) in [5.74, 6) is -0.556. The molecule has 0 saturated carbocycles. The van der Waals surface area contributed by atoms with Crippen molar-refractivity contribution in [3.63, 3.8) is 0 Å². The molecule has 1 saturated heterocycles. The number of nitrogens with one attached hydrogen (secondary N) is 2. The molecule has 3 aromatic rings. The summed E-state index contributed by atoms with van der Waals surface area (Å²) in [5, 5.41) is 19.0. The van der Waals surface area contributed by atoms with Gasteiger partial charge in [-0.15, -0.1) is 0 Å². The summed E-state index contributed by atoms with van der Waals surface area (Å²) in [7, 11) is 0. The molecule has 0 bridgehead atoms. The van der Waals surface area contributed by atoms with Crippen LogP contribution >= 0.6 is 0 Å². The predicted molar refractivity (Wildman–Crippen MR) is 149 cm³/mol. The lowest BCUT2D eigenvalue weighted by atomic mass is 9.84. The van der Waals surface area contributed by atoms with Crippen molar-refractivity contribution in [1.82, 2.24) is 20.4 Å². The predicted octanol–water partition coefficient (Wildman–Crippen LogP) is 4.30. The monoisotopic (exact) mass is 525 g/mol. The van der Waals surface area contributed by atoms with Crippen LogP contribution in [-0.2, 0) is 11.2 Å². The van der Waals surface area contributed by atoms with Gasteiger partial charge < -0.3 is 10.2 Å². The van der Waals surface area contributed by atoms with Crippen molar-refractivity contribution < 1.29 is 9.59 Å². The Morgan fingerprint density at radius 1 is 1.10 bits per heavy atom. The van der Waals surface area contributed by atoms with E-state index >= 15 is 0 Å². The van der Waals surface area contributed by atoms with Crippen molar-refractivity contribution in [3.8, 4) is 6.07 Å². The Kier molecular flexibility index (Phi) is 8.01. The zero-order valence-corrected chi connectivity index (χ0v) is 23.2. The van der Waals surface area contributed by atoms with Gasteiger partial charge in [0, 0.05) is 17.5 Å². The number of likely N-dealkylation sites (tertiary alicyclic amines) is 1. The highest BCUT2D eigenvalue weighted by Gasteiger charge is 2.45. The minimum atomic E-state index is -0.722. The number of nitrogens with zero attached hydrogens (tertiary/aromatic N) is 3. The fraction of sp³-hybridized carbons (Fsp3) is 0.387. The number of carbonyl (C=O) groups excluding carboxylic acids is 2. The first-order valence-electron chi connectivity index (χ1n) is 13.2. The number of carbonyl (C=O) groups is 2. The number of aromatic amines is 1. The van der Waals surface area contributed by atoms with Gasteiger partial charge in [0.05, 0.1) is 35.8 Å². The highest BCUT2D eigenvalue weighted by molar-refractivity contribution is 5.96. The summed E-state index contributed by atoms with van der Waals surface area (Å²) in [6, 6.07) is 17.1. The van der Waals surface area contributed by atoms with Gasteiger partial charge in [0.15, 0.2) is 0 Å². The van der Waals surface area contributed by atoms with Crippen molar-refractivity contribution in [3.05, 3.63) is 98.0 Å². The van der Waals surface area contributed by atoms with Crippen molar-refractivity contribution in [2.75, 3.05) is 6.54 Å². The molecule has 2 amide bonds. The Labute approximate surface area is 229 Å². The Balaban J connectivity index is 1.49. The van der Waals surface area contributed by atoms with E-state index in [-0.39, 0.29) is 36.0 Å². The molecule has 0 radical (unpaired) electrons. The molecule has 2 aromatic carbocycles. The molecule has 2 N–H and O–H groups in total. The lowest BCUT2D eigenvalue weighted by Gasteiger charge is -2.36. The fourth-order valence-corrected chi connectivity index (χ4v) is 5.43. The lowest BCUT2D eigenvalue weighted by molar-refractivity contribution is -0.134. The molecule has 0 aliphatic carbocycles. The number of H-pyrrole nitrogens is 1. The molecule has 0 spiro atoms. The Morgan fingerprint density at radius 2 is 1.87 bits per heavy atom. The topological polar surface area (TPSA) is 119 Å². The molecule has 0 unspecified atom stereocenters. The molecular formula is C31H35N5O3. The molecule has 4 rings (SSSR count). The van der Waals surface area contributed by atoms with E-state index in [0.717, 1.165) is 40.8 Å². The van der Waals surface area contributed by atoms with E-state index in [1.165, 1.54) is 0 Å². The molecule has 1 aliphatic rings. The van der Waals surface area contributed by atoms with Gasteiger partial charge in [-0.25, -0.2) is 5.10 Å². The number of rotatable bonds is 7. The zero-order valence-electron chi connectivity index (χ0n) is 23.2. The molecule has 202 valence electrons. The number of nitriles is 1. The quantitative estimate of drug-likeness (QED) is 0.477. The van der Waals surface area contributed by atoms with Gasteiger partial charge in [-0.1, -0.05) is 35.9 Å². The van der Waals surface area contributed by atoms with Crippen LogP contribution in [0.15, 0.2) is 53.3 Å². The third kappa shape index (κ3) is 6.09. The summed E-state index contributed by atoms with van der Waals surface area (Å²) in [6.45, 7) is 9.29. The second-order valence-electron chi connectivity index (χ2n) is 11.0. The number of aryl methyl sites for hydroxylation is 3. The van der Waals surface area contributed by atoms with E-state index in [1.807, 2.05) is 58.9 Å². The SMILES string of the molecule is Cc1cccc([C@@H]2CC[C@H](C(C)(C)C#N)N2C(=O)CNC(=O)c2ccc(Cc3cc(C)n[nH]c3=O)c(C)c2)c1. The standard InChI is InChI=1S/C31H35N5O3/c1-19-7-6-8-23(13-19)26-11-12-27(31(4,5)18-32)36(26)28(37)17-33-29(38)24-10-9-22(20(2)14-24)16-25-15-21(3)34-35-30(25)39/h6-10,13-15,26-27H,11-12,16-17H2,1-5H3,(H,33,38)(H,35,39)/t26-,27+/m0/s1. The average Bonchev–Trinajstić information content (AvgIpc) is 3.37. The van der Waals surface area contributed by atoms with Crippen LogP contribution in [0, 0.1) is 37.5 Å². The van der Waals surface area contributed by atoms with E-state index < -0.39 is 5.41 Å². The highest BCUT2D eigenvalue weighted by atomic mass is 16.2. The van der Waals surface area contributed by atoms with Gasteiger partial charge in [-0.2, -0.15) is 10.4 Å². The number of aromatic nitrogens is 2. The first-order chi connectivity index (χ1) is 18.5. The van der Waals surface area contributed by atoms with Gasteiger partial charge in [-0.05, 0) is 82.3 Å². The third-order valence-electron chi connectivity index (χ3n) is 7.62. The van der Waals surface area contributed by atoms with E-state index in [1.54, 1.807) is 23.1 Å². The molecule has 1 fully saturated rings. The first-order valence-corrected chi connectivity index (χ1v) is 13.2. The second-order valence-corrected chi connectivity index (χ2v) is 11.0. The Morgan fingerprint density at radius 3 is 2.56 bits per heavy atom. The summed E-state index contributed by atoms with van der Waals surface area (Å²) < 4.78 is 0. The van der Waals surface area contributed by atoms with Crippen molar-refractivity contribution in [1.29, 1.82) is 5.26 Å². The average molecular weight is 526 g/mol. The third-order valence-corrected chi connectivity index (χ3v) is 7.62. The lowest BCUT2D eigenvalue weighted by Crippen LogP contribution is -2.48. The second kappa shape index (κ2) is 11.2. The Hall–Kier alpha value is -4.25. The van der Waals surface area contributed by atoms with E-state index in [2.05, 4.69) is 27.6 Å². The molecule has 39 heavy (non-hydrogen) atoms. The largest absolute Gasteiger partial charge is 0.343 e. The Bertz CT molecular complexity index is 1500. The van der Waals surface area contributed by atoms with Crippen LogP contribution in [0.2, 0.25) is 0 Å². The van der Waals surface area contributed by atoms with Crippen molar-refractivity contribution >= 4 is 11.8 Å². The van der Waals surface area contributed by atoms with Gasteiger partial charge in [0.25, 0.3) is 11.5 Å². The number of hydrogen-bond acceptors (Lipinski definition) is 5. The molecule has 2 heterocycles. The van der Waals surface area contributed by atoms with Crippen LogP contribution in [0.3, 0.4) is 0 Å². The maximum absolute atomic E-state index is 13.6. The molecule has 1 aromatic heterocycles. The number of hydrogen-bond donors (Lipinski definition) is 2. The van der Waals surface area contributed by atoms with Crippen LogP contribution in [0.25, 0.3) is 0 Å². The van der Waals surface area contributed by atoms with Gasteiger partial charge in [-0.3, -0.25) is 14.4 Å². The summed E-state index contributed by atoms with van der Waals surface area (Å²) >= 11 is 0. The van der Waals surface area contributed by atoms with Gasteiger partial charge >= 0.3 is 0 Å². The number of benzene rings is 2. The van der Waals surface area contributed by atoms with Crippen molar-refractivity contribution in [2.24, 2.45) is 5.41 Å². The van der Waals surface area contributed by atoms with Crippen LogP contribution in [0.5, 0.6) is 0 Å². The van der Waals surface area contributed by atoms with E-state index in [9.17, 15) is 19.6 Å². The smallest absolute Gasteiger partial charge is 0.267 e. The highest BCUT2D eigenvalue weighted by Crippen LogP contribution is 2.43. The maximum atomic E-state index is 13.6. The van der Waals surface area contributed by atoms with Crippen LogP contribution in [0.4, 0.5) is 0 Å². The fourth-order valence-electron chi connectivity index (χ4n) is 5.43. The normalized spacial score (nSPS) is 17.1. The van der Waals surface area contributed by atoms with E-state index in [4.69, 9.17) is 0 Å². The summed E-state index contributed by atoms with van der Waals surface area (Å²) in [5.41, 5.74) is 4.77. The first kappa shape index (κ1) is 27.8. The number of amides is 2. The van der Waals surface area contributed by atoms with Crippen LogP contribution in [-0.4, -0.2) is 39.5 Å². The summed E-state index contributed by atoms with van der Waals surface area (Å²) in [4.78, 5) is 40.5. The van der Waals surface area contributed by atoms with Gasteiger partial charge in [0.2, 0.25) is 5.91 Å². The maximum Gasteiger partial charge on any atom is 0.267 e. The molecular weight excluding hydrogens is 490 g/mol. The summed E-state index contributed by atoms with van der Waals surface area (Å²) in [6.07, 6.45) is 1.91. The molecule has 8 heteroatoms. The van der Waals surface area contributed by atoms with E-state index in [0.29, 0.717) is 17.5 Å². The molecule has 2 atom stereocenters.